The number of carbonyl (C=O) groups excluding carboxylic acids is 1. The van der Waals surface area contributed by atoms with Gasteiger partial charge in [-0.2, -0.15) is 5.06 Å². The highest BCUT2D eigenvalue weighted by atomic mass is 32.1. The van der Waals surface area contributed by atoms with Crippen LogP contribution in [0.2, 0.25) is 0 Å². The van der Waals surface area contributed by atoms with Gasteiger partial charge in [0.05, 0.1) is 25.3 Å². The van der Waals surface area contributed by atoms with Gasteiger partial charge in [-0.25, -0.2) is 4.79 Å². The number of thiophene rings is 1. The molecule has 0 radical (unpaired) electrons. The monoisotopic (exact) mass is 372 g/mol. The predicted molar refractivity (Wildman–Crippen MR) is 102 cm³/mol. The van der Waals surface area contributed by atoms with Crippen LogP contribution in [0.25, 0.3) is 0 Å². The molecule has 0 spiro atoms. The van der Waals surface area contributed by atoms with E-state index in [4.69, 9.17) is 9.57 Å². The maximum absolute atomic E-state index is 12.5. The first-order valence-corrected chi connectivity index (χ1v) is 9.92. The Morgan fingerprint density at radius 1 is 1.38 bits per heavy atom. The lowest BCUT2D eigenvalue weighted by atomic mass is 9.90. The number of aryl methyl sites for hydroxylation is 1. The fourth-order valence-electron chi connectivity index (χ4n) is 3.96. The largest absolute Gasteiger partial charge is 0.449 e. The van der Waals surface area contributed by atoms with Crippen LogP contribution in [0.5, 0.6) is 0 Å². The second-order valence-corrected chi connectivity index (χ2v) is 8.11. The summed E-state index contributed by atoms with van der Waals surface area (Å²) in [6, 6.07) is 12.9. The molecule has 3 heterocycles. The first-order valence-electron chi connectivity index (χ1n) is 9.11. The summed E-state index contributed by atoms with van der Waals surface area (Å²) in [5.74, 6) is 0.243. The SMILES string of the molecule is CCOC(=O)N1C[C@@H]2CON([C@H](C)c3ccccc3)[C@@H]2c2cc(C)sc21. The second kappa shape index (κ2) is 7.02. The molecule has 0 aliphatic carbocycles. The van der Waals surface area contributed by atoms with Gasteiger partial charge in [0.1, 0.15) is 5.00 Å². The fraction of sp³-hybridized carbons (Fsp3) is 0.450. The zero-order valence-electron chi connectivity index (χ0n) is 15.3. The first kappa shape index (κ1) is 17.5. The Kier molecular flexibility index (Phi) is 4.73. The van der Waals surface area contributed by atoms with Gasteiger partial charge in [-0.3, -0.25) is 9.74 Å². The van der Waals surface area contributed by atoms with Crippen molar-refractivity contribution < 1.29 is 14.4 Å². The van der Waals surface area contributed by atoms with E-state index in [0.717, 1.165) is 5.00 Å². The molecule has 0 bridgehead atoms. The lowest BCUT2D eigenvalue weighted by Gasteiger charge is -2.37. The molecule has 5 nitrogen and oxygen atoms in total. The van der Waals surface area contributed by atoms with Gasteiger partial charge in [0.15, 0.2) is 0 Å². The molecule has 1 saturated heterocycles. The lowest BCUT2D eigenvalue weighted by Crippen LogP contribution is -2.42. The summed E-state index contributed by atoms with van der Waals surface area (Å²) < 4.78 is 5.28. The minimum Gasteiger partial charge on any atom is -0.449 e. The van der Waals surface area contributed by atoms with Crippen molar-refractivity contribution in [3.8, 4) is 0 Å². The van der Waals surface area contributed by atoms with E-state index in [9.17, 15) is 4.79 Å². The minimum absolute atomic E-state index is 0.147. The van der Waals surface area contributed by atoms with E-state index in [-0.39, 0.29) is 24.1 Å². The Morgan fingerprint density at radius 3 is 2.88 bits per heavy atom. The van der Waals surface area contributed by atoms with Crippen LogP contribution in [0.15, 0.2) is 36.4 Å². The van der Waals surface area contributed by atoms with Crippen molar-refractivity contribution in [2.24, 2.45) is 5.92 Å². The van der Waals surface area contributed by atoms with E-state index in [1.54, 1.807) is 16.2 Å². The van der Waals surface area contributed by atoms with Gasteiger partial charge in [0.2, 0.25) is 0 Å². The Labute approximate surface area is 158 Å². The number of amides is 1. The molecule has 2 aliphatic heterocycles. The van der Waals surface area contributed by atoms with Crippen LogP contribution in [-0.4, -0.2) is 30.9 Å². The average Bonchev–Trinajstić information content (AvgIpc) is 3.24. The highest BCUT2D eigenvalue weighted by molar-refractivity contribution is 7.16. The smallest absolute Gasteiger partial charge is 0.414 e. The maximum atomic E-state index is 12.5. The number of anilines is 1. The third kappa shape index (κ3) is 2.92. The van der Waals surface area contributed by atoms with Gasteiger partial charge in [-0.15, -0.1) is 11.3 Å². The second-order valence-electron chi connectivity index (χ2n) is 6.87. The van der Waals surface area contributed by atoms with Crippen molar-refractivity contribution in [2.75, 3.05) is 24.7 Å². The molecule has 26 heavy (non-hydrogen) atoms. The van der Waals surface area contributed by atoms with Crippen molar-refractivity contribution in [3.05, 3.63) is 52.4 Å². The molecular weight excluding hydrogens is 348 g/mol. The summed E-state index contributed by atoms with van der Waals surface area (Å²) in [6.07, 6.45) is -0.261. The van der Waals surface area contributed by atoms with E-state index in [1.807, 2.05) is 13.0 Å². The Balaban J connectivity index is 1.68. The highest BCUT2D eigenvalue weighted by Gasteiger charge is 2.47. The molecule has 0 unspecified atom stereocenters. The summed E-state index contributed by atoms with van der Waals surface area (Å²) in [5.41, 5.74) is 2.41. The molecule has 3 atom stereocenters. The number of hydroxylamine groups is 2. The fourth-order valence-corrected chi connectivity index (χ4v) is 5.00. The van der Waals surface area contributed by atoms with Crippen LogP contribution >= 0.6 is 11.3 Å². The third-order valence-corrected chi connectivity index (χ3v) is 6.24. The molecule has 1 aromatic carbocycles. The molecule has 2 aromatic rings. The van der Waals surface area contributed by atoms with Crippen LogP contribution in [0.1, 0.15) is 41.9 Å². The standard InChI is InChI=1S/C20H24N2O3S/c1-4-24-20(23)21-11-16-12-25-22(14(3)15-8-6-5-7-9-15)18(16)17-10-13(2)26-19(17)21/h5-10,14,16,18H,4,11-12H2,1-3H3/t14-,16-,18+/m1/s1. The van der Waals surface area contributed by atoms with Crippen LogP contribution in [0.3, 0.4) is 0 Å². The molecule has 1 fully saturated rings. The van der Waals surface area contributed by atoms with E-state index in [2.05, 4.69) is 49.2 Å². The summed E-state index contributed by atoms with van der Waals surface area (Å²) in [7, 11) is 0. The summed E-state index contributed by atoms with van der Waals surface area (Å²) in [4.78, 5) is 21.6. The summed E-state index contributed by atoms with van der Waals surface area (Å²) >= 11 is 1.65. The Morgan fingerprint density at radius 2 is 2.15 bits per heavy atom. The Bertz CT molecular complexity index is 792. The van der Waals surface area contributed by atoms with Crippen LogP contribution in [-0.2, 0) is 9.57 Å². The van der Waals surface area contributed by atoms with Crippen molar-refractivity contribution in [1.29, 1.82) is 0 Å². The number of carbonyl (C=O) groups is 1. The van der Waals surface area contributed by atoms with Crippen LogP contribution < -0.4 is 4.90 Å². The van der Waals surface area contributed by atoms with Crippen molar-refractivity contribution in [3.63, 3.8) is 0 Å². The number of fused-ring (bicyclic) bond motifs is 3. The van der Waals surface area contributed by atoms with Gasteiger partial charge in [-0.05, 0) is 32.4 Å². The zero-order valence-corrected chi connectivity index (χ0v) is 16.2. The first-order chi connectivity index (χ1) is 12.6. The molecule has 0 N–H and O–H groups in total. The predicted octanol–water partition coefficient (Wildman–Crippen LogP) is 4.70. The van der Waals surface area contributed by atoms with E-state index >= 15 is 0 Å². The topological polar surface area (TPSA) is 42.0 Å². The Hall–Kier alpha value is -1.89. The molecule has 1 aromatic heterocycles. The van der Waals surface area contributed by atoms with E-state index in [1.165, 1.54) is 16.0 Å². The molecular formula is C20H24N2O3S. The molecule has 1 amide bonds. The quantitative estimate of drug-likeness (QED) is 0.783. The molecule has 0 saturated carbocycles. The number of nitrogens with zero attached hydrogens (tertiary/aromatic N) is 2. The summed E-state index contributed by atoms with van der Waals surface area (Å²) in [6.45, 7) is 7.74. The van der Waals surface area contributed by atoms with E-state index in [0.29, 0.717) is 19.8 Å². The molecule has 138 valence electrons. The summed E-state index contributed by atoms with van der Waals surface area (Å²) in [5, 5.41) is 3.12. The zero-order chi connectivity index (χ0) is 18.3. The van der Waals surface area contributed by atoms with Gasteiger partial charge >= 0.3 is 6.09 Å². The van der Waals surface area contributed by atoms with Crippen molar-refractivity contribution in [1.82, 2.24) is 5.06 Å². The highest BCUT2D eigenvalue weighted by Crippen LogP contribution is 2.50. The molecule has 6 heteroatoms. The van der Waals surface area contributed by atoms with Gasteiger partial charge in [0, 0.05) is 22.9 Å². The van der Waals surface area contributed by atoms with Crippen molar-refractivity contribution in [2.45, 2.75) is 32.9 Å². The third-order valence-electron chi connectivity index (χ3n) is 5.15. The van der Waals surface area contributed by atoms with Crippen LogP contribution in [0, 0.1) is 12.8 Å². The lowest BCUT2D eigenvalue weighted by molar-refractivity contribution is -0.161. The minimum atomic E-state index is -0.261. The van der Waals surface area contributed by atoms with Crippen LogP contribution in [0.4, 0.5) is 9.80 Å². The van der Waals surface area contributed by atoms with Gasteiger partial charge in [-0.1, -0.05) is 30.3 Å². The van der Waals surface area contributed by atoms with Crippen molar-refractivity contribution >= 4 is 22.4 Å². The molecule has 4 rings (SSSR count). The number of benzene rings is 1. The maximum Gasteiger partial charge on any atom is 0.414 e. The number of rotatable bonds is 3. The van der Waals surface area contributed by atoms with Gasteiger partial charge in [0.25, 0.3) is 0 Å². The van der Waals surface area contributed by atoms with E-state index < -0.39 is 0 Å². The number of hydrogen-bond donors (Lipinski definition) is 0. The average molecular weight is 372 g/mol. The number of hydrogen-bond acceptors (Lipinski definition) is 5. The molecule has 2 aliphatic rings. The number of ether oxygens (including phenoxy) is 1. The van der Waals surface area contributed by atoms with Gasteiger partial charge < -0.3 is 4.74 Å². The normalized spacial score (nSPS) is 23.4.